The molecular weight excluding hydrogens is 302 g/mol. The zero-order valence-corrected chi connectivity index (χ0v) is 15.5. The van der Waals surface area contributed by atoms with Crippen molar-refractivity contribution in [3.63, 3.8) is 0 Å². The average molecular weight is 336 g/mol. The maximum Gasteiger partial charge on any atom is 0.242 e. The van der Waals surface area contributed by atoms with E-state index in [1.807, 2.05) is 18.7 Å². The van der Waals surface area contributed by atoms with E-state index in [9.17, 15) is 4.79 Å². The van der Waals surface area contributed by atoms with Crippen molar-refractivity contribution in [3.05, 3.63) is 0 Å². The Morgan fingerprint density at radius 2 is 2.00 bits per heavy atom. The number of piperazine rings is 1. The van der Waals surface area contributed by atoms with E-state index >= 15 is 0 Å². The smallest absolute Gasteiger partial charge is 0.242 e. The molecule has 1 aliphatic heterocycles. The lowest BCUT2D eigenvalue weighted by atomic mass is 9.94. The van der Waals surface area contributed by atoms with Gasteiger partial charge in [0.25, 0.3) is 0 Å². The van der Waals surface area contributed by atoms with E-state index in [0.717, 1.165) is 58.7 Å². The first kappa shape index (κ1) is 21.6. The van der Waals surface area contributed by atoms with Crippen molar-refractivity contribution in [3.8, 4) is 0 Å². The summed E-state index contributed by atoms with van der Waals surface area (Å²) in [7, 11) is 0. The predicted octanol–water partition coefficient (Wildman–Crippen LogP) is 1.88. The monoisotopic (exact) mass is 335 g/mol. The van der Waals surface area contributed by atoms with Crippen molar-refractivity contribution in [2.24, 2.45) is 5.73 Å². The minimum atomic E-state index is -0.722. The van der Waals surface area contributed by atoms with E-state index in [2.05, 4.69) is 18.7 Å². The van der Waals surface area contributed by atoms with Crippen LogP contribution in [0.3, 0.4) is 0 Å². The van der Waals surface area contributed by atoms with Crippen LogP contribution in [0, 0.1) is 0 Å². The Labute approximate surface area is 141 Å². The normalized spacial score (nSPS) is 22.0. The fourth-order valence-corrected chi connectivity index (χ4v) is 3.07. The standard InChI is InChI=1S/C16H33N3O2.ClH/c1-5-8-16(4,17)15(20)19-10-9-18(11-12-21-7-3)14(6-2)13-19;/h14H,5-13,17H2,1-4H3;1H. The first-order valence-electron chi connectivity index (χ1n) is 8.36. The maximum atomic E-state index is 12.6. The van der Waals surface area contributed by atoms with Crippen LogP contribution >= 0.6 is 12.4 Å². The minimum absolute atomic E-state index is 0. The highest BCUT2D eigenvalue weighted by molar-refractivity contribution is 5.86. The van der Waals surface area contributed by atoms with Crippen molar-refractivity contribution >= 4 is 18.3 Å². The zero-order chi connectivity index (χ0) is 15.9. The van der Waals surface area contributed by atoms with Gasteiger partial charge in [0.2, 0.25) is 5.91 Å². The SMILES string of the molecule is CCCC(C)(N)C(=O)N1CCN(CCOCC)C(CC)C1.Cl. The Bertz CT molecular complexity index is 327. The molecule has 1 amide bonds. The molecule has 2 atom stereocenters. The van der Waals surface area contributed by atoms with E-state index < -0.39 is 5.54 Å². The summed E-state index contributed by atoms with van der Waals surface area (Å²) in [4.78, 5) is 17.0. The summed E-state index contributed by atoms with van der Waals surface area (Å²) in [5.41, 5.74) is 5.47. The van der Waals surface area contributed by atoms with Crippen molar-refractivity contribution in [1.82, 2.24) is 9.80 Å². The predicted molar refractivity (Wildman–Crippen MR) is 93.5 cm³/mol. The van der Waals surface area contributed by atoms with Crippen molar-refractivity contribution < 1.29 is 9.53 Å². The molecule has 1 aliphatic rings. The van der Waals surface area contributed by atoms with Crippen LogP contribution in [0.5, 0.6) is 0 Å². The molecule has 6 heteroatoms. The van der Waals surface area contributed by atoms with Crippen LogP contribution in [0.25, 0.3) is 0 Å². The lowest BCUT2D eigenvalue weighted by molar-refractivity contribution is -0.140. The van der Waals surface area contributed by atoms with Crippen LogP contribution in [-0.2, 0) is 9.53 Å². The molecule has 1 rings (SSSR count). The summed E-state index contributed by atoms with van der Waals surface area (Å²) >= 11 is 0. The van der Waals surface area contributed by atoms with Crippen LogP contribution < -0.4 is 5.73 Å². The molecule has 2 unspecified atom stereocenters. The number of nitrogens with zero attached hydrogens (tertiary/aromatic N) is 2. The second-order valence-electron chi connectivity index (χ2n) is 6.21. The summed E-state index contributed by atoms with van der Waals surface area (Å²) in [6.07, 6.45) is 2.72. The lowest BCUT2D eigenvalue weighted by Gasteiger charge is -2.43. The highest BCUT2D eigenvalue weighted by Crippen LogP contribution is 2.18. The van der Waals surface area contributed by atoms with Gasteiger partial charge >= 0.3 is 0 Å². The van der Waals surface area contributed by atoms with E-state index in [0.29, 0.717) is 6.04 Å². The van der Waals surface area contributed by atoms with Gasteiger partial charge in [-0.1, -0.05) is 20.3 Å². The summed E-state index contributed by atoms with van der Waals surface area (Å²) in [5.74, 6) is 0.104. The average Bonchev–Trinajstić information content (AvgIpc) is 2.47. The molecule has 1 fully saturated rings. The quantitative estimate of drug-likeness (QED) is 0.688. The second-order valence-corrected chi connectivity index (χ2v) is 6.21. The van der Waals surface area contributed by atoms with Crippen LogP contribution in [0.15, 0.2) is 0 Å². The van der Waals surface area contributed by atoms with Gasteiger partial charge in [-0.15, -0.1) is 12.4 Å². The van der Waals surface area contributed by atoms with Crippen molar-refractivity contribution in [1.29, 1.82) is 0 Å². The number of nitrogens with two attached hydrogens (primary N) is 1. The molecule has 22 heavy (non-hydrogen) atoms. The highest BCUT2D eigenvalue weighted by atomic mass is 35.5. The third-order valence-electron chi connectivity index (χ3n) is 4.35. The number of ether oxygens (including phenoxy) is 1. The molecule has 0 aromatic heterocycles. The molecule has 1 heterocycles. The topological polar surface area (TPSA) is 58.8 Å². The summed E-state index contributed by atoms with van der Waals surface area (Å²) < 4.78 is 5.45. The lowest BCUT2D eigenvalue weighted by Crippen LogP contribution is -2.61. The molecule has 0 aromatic rings. The first-order chi connectivity index (χ1) is 9.96. The van der Waals surface area contributed by atoms with E-state index in [1.54, 1.807) is 0 Å². The number of hydrogen-bond donors (Lipinski definition) is 1. The fraction of sp³-hybridized carbons (Fsp3) is 0.938. The number of rotatable bonds is 8. The fourth-order valence-electron chi connectivity index (χ4n) is 3.07. The molecule has 0 saturated carbocycles. The van der Waals surface area contributed by atoms with E-state index in [4.69, 9.17) is 10.5 Å². The summed E-state index contributed by atoms with van der Waals surface area (Å²) in [5, 5.41) is 0. The first-order valence-corrected chi connectivity index (χ1v) is 8.36. The highest BCUT2D eigenvalue weighted by Gasteiger charge is 2.35. The Morgan fingerprint density at radius 1 is 1.32 bits per heavy atom. The van der Waals surface area contributed by atoms with Crippen molar-refractivity contribution in [2.45, 2.75) is 58.5 Å². The maximum absolute atomic E-state index is 12.6. The van der Waals surface area contributed by atoms with Gasteiger partial charge in [0.05, 0.1) is 12.1 Å². The number of amides is 1. The van der Waals surface area contributed by atoms with Gasteiger partial charge in [-0.05, 0) is 26.7 Å². The van der Waals surface area contributed by atoms with Crippen LogP contribution in [0.2, 0.25) is 0 Å². The van der Waals surface area contributed by atoms with Crippen LogP contribution in [0.4, 0.5) is 0 Å². The molecule has 0 radical (unpaired) electrons. The zero-order valence-electron chi connectivity index (χ0n) is 14.6. The van der Waals surface area contributed by atoms with Crippen LogP contribution in [0.1, 0.15) is 47.0 Å². The largest absolute Gasteiger partial charge is 0.380 e. The third kappa shape index (κ3) is 6.03. The van der Waals surface area contributed by atoms with Gasteiger partial charge in [0, 0.05) is 38.8 Å². The molecule has 0 aromatic carbocycles. The minimum Gasteiger partial charge on any atom is -0.380 e. The number of hydrogen-bond acceptors (Lipinski definition) is 4. The van der Waals surface area contributed by atoms with Gasteiger partial charge in [-0.3, -0.25) is 9.69 Å². The Balaban J connectivity index is 0.00000441. The summed E-state index contributed by atoms with van der Waals surface area (Å²) in [6, 6.07) is 0.417. The molecule has 1 saturated heterocycles. The second kappa shape index (κ2) is 10.4. The molecule has 0 bridgehead atoms. The van der Waals surface area contributed by atoms with Gasteiger partial charge in [0.15, 0.2) is 0 Å². The van der Waals surface area contributed by atoms with Crippen molar-refractivity contribution in [2.75, 3.05) is 39.4 Å². The molecule has 0 spiro atoms. The van der Waals surface area contributed by atoms with Crippen LogP contribution in [-0.4, -0.2) is 66.7 Å². The van der Waals surface area contributed by atoms with E-state index in [1.165, 1.54) is 0 Å². The molecule has 2 N–H and O–H groups in total. The van der Waals surface area contributed by atoms with Gasteiger partial charge in [-0.25, -0.2) is 0 Å². The third-order valence-corrected chi connectivity index (χ3v) is 4.35. The van der Waals surface area contributed by atoms with Gasteiger partial charge in [0.1, 0.15) is 0 Å². The Morgan fingerprint density at radius 3 is 2.55 bits per heavy atom. The van der Waals surface area contributed by atoms with Gasteiger partial charge in [-0.2, -0.15) is 0 Å². The van der Waals surface area contributed by atoms with Gasteiger partial charge < -0.3 is 15.4 Å². The number of carbonyl (C=O) groups excluding carboxylic acids is 1. The Hall–Kier alpha value is -0.360. The molecule has 132 valence electrons. The number of halogens is 1. The molecular formula is C16H34ClN3O2. The Kier molecular flexibility index (Phi) is 10.3. The summed E-state index contributed by atoms with van der Waals surface area (Å²) in [6.45, 7) is 13.1. The number of carbonyl (C=O) groups is 1. The molecule has 5 nitrogen and oxygen atoms in total. The van der Waals surface area contributed by atoms with E-state index in [-0.39, 0.29) is 18.3 Å². The molecule has 0 aliphatic carbocycles.